The molecule has 4 rings (SSSR count). The Labute approximate surface area is 155 Å². The molecule has 2 aromatic heterocycles. The van der Waals surface area contributed by atoms with Gasteiger partial charge in [0.25, 0.3) is 0 Å². The molecule has 0 unspecified atom stereocenters. The van der Waals surface area contributed by atoms with E-state index in [4.69, 9.17) is 9.72 Å². The van der Waals surface area contributed by atoms with Crippen LogP contribution in [0.25, 0.3) is 0 Å². The van der Waals surface area contributed by atoms with E-state index in [0.717, 1.165) is 60.0 Å². The van der Waals surface area contributed by atoms with Gasteiger partial charge in [-0.15, -0.1) is 0 Å². The number of halogens is 1. The fraction of sp³-hybridized carbons (Fsp3) is 0.389. The van der Waals surface area contributed by atoms with Crippen molar-refractivity contribution >= 4 is 27.6 Å². The molecule has 128 valence electrons. The average molecular weight is 400 g/mol. The first-order valence-corrected chi connectivity index (χ1v) is 9.16. The van der Waals surface area contributed by atoms with E-state index in [2.05, 4.69) is 36.8 Å². The van der Waals surface area contributed by atoms with Crippen molar-refractivity contribution in [3.05, 3.63) is 45.7 Å². The number of hydrogen-bond donors (Lipinski definition) is 0. The number of rotatable bonds is 2. The van der Waals surface area contributed by atoms with Crippen molar-refractivity contribution in [1.29, 1.82) is 5.26 Å². The van der Waals surface area contributed by atoms with E-state index < -0.39 is 0 Å². The third-order valence-corrected chi connectivity index (χ3v) is 5.12. The van der Waals surface area contributed by atoms with Crippen LogP contribution in [0.1, 0.15) is 16.8 Å². The van der Waals surface area contributed by atoms with Crippen LogP contribution in [0.2, 0.25) is 0 Å². The monoisotopic (exact) mass is 399 g/mol. The Morgan fingerprint density at radius 1 is 1.16 bits per heavy atom. The summed E-state index contributed by atoms with van der Waals surface area (Å²) in [6.45, 7) is 4.64. The van der Waals surface area contributed by atoms with Gasteiger partial charge in [-0.2, -0.15) is 5.26 Å². The van der Waals surface area contributed by atoms with E-state index >= 15 is 0 Å². The lowest BCUT2D eigenvalue weighted by Crippen LogP contribution is -2.47. The Morgan fingerprint density at radius 3 is 2.68 bits per heavy atom. The molecule has 25 heavy (non-hydrogen) atoms. The number of fused-ring (bicyclic) bond motifs is 1. The summed E-state index contributed by atoms with van der Waals surface area (Å²) in [5.74, 6) is 1.80. The Kier molecular flexibility index (Phi) is 4.55. The molecule has 0 aliphatic carbocycles. The van der Waals surface area contributed by atoms with Gasteiger partial charge in [-0.3, -0.25) is 0 Å². The number of ether oxygens (including phenoxy) is 1. The minimum atomic E-state index is 0.556. The highest BCUT2D eigenvalue weighted by atomic mass is 79.9. The maximum atomic E-state index is 9.52. The van der Waals surface area contributed by atoms with Crippen LogP contribution >= 0.6 is 15.9 Å². The largest absolute Gasteiger partial charge is 0.376 e. The van der Waals surface area contributed by atoms with Crippen LogP contribution < -0.4 is 9.80 Å². The zero-order valence-electron chi connectivity index (χ0n) is 13.8. The first kappa shape index (κ1) is 16.3. The molecule has 0 aromatic carbocycles. The van der Waals surface area contributed by atoms with E-state index in [0.29, 0.717) is 18.8 Å². The van der Waals surface area contributed by atoms with Gasteiger partial charge in [0.2, 0.25) is 0 Å². The Bertz CT molecular complexity index is 809. The van der Waals surface area contributed by atoms with Crippen molar-refractivity contribution in [2.24, 2.45) is 0 Å². The molecule has 2 aliphatic rings. The summed E-state index contributed by atoms with van der Waals surface area (Å²) in [5, 5.41) is 9.52. The topological polar surface area (TPSA) is 65.3 Å². The molecule has 7 heteroatoms. The molecule has 0 atom stereocenters. The molecular formula is C18H18BrN5O. The zero-order chi connectivity index (χ0) is 17.2. The molecule has 0 amide bonds. The lowest BCUT2D eigenvalue weighted by Gasteiger charge is -2.36. The van der Waals surface area contributed by atoms with Gasteiger partial charge in [-0.05, 0) is 34.1 Å². The number of anilines is 2. The summed E-state index contributed by atoms with van der Waals surface area (Å²) in [4.78, 5) is 13.7. The van der Waals surface area contributed by atoms with Gasteiger partial charge in [-0.25, -0.2) is 9.97 Å². The summed E-state index contributed by atoms with van der Waals surface area (Å²) < 4.78 is 6.45. The van der Waals surface area contributed by atoms with Gasteiger partial charge in [0, 0.05) is 48.8 Å². The molecule has 0 spiro atoms. The van der Waals surface area contributed by atoms with E-state index in [9.17, 15) is 5.26 Å². The molecule has 2 aliphatic heterocycles. The lowest BCUT2D eigenvalue weighted by molar-refractivity contribution is 0.109. The van der Waals surface area contributed by atoms with E-state index in [-0.39, 0.29) is 0 Å². The average Bonchev–Trinajstić information content (AvgIpc) is 2.67. The lowest BCUT2D eigenvalue weighted by atomic mass is 10.1. The fourth-order valence-corrected chi connectivity index (χ4v) is 3.53. The number of hydrogen-bond acceptors (Lipinski definition) is 6. The van der Waals surface area contributed by atoms with Crippen molar-refractivity contribution < 1.29 is 4.74 Å². The quantitative estimate of drug-likeness (QED) is 0.772. The number of nitriles is 1. The number of aromatic nitrogens is 2. The Balaban J connectivity index is 1.52. The van der Waals surface area contributed by atoms with Gasteiger partial charge in [-0.1, -0.05) is 0 Å². The minimum absolute atomic E-state index is 0.556. The standard InChI is InChI=1S/C18H18BrN5O/c19-15-1-2-17(21-11-15)23-4-6-24(7-5-23)18-13(10-20)9-14-12-25-8-3-16(14)22-18/h1-2,9,11H,3-8,12H2. The van der Waals surface area contributed by atoms with Crippen molar-refractivity contribution in [1.82, 2.24) is 9.97 Å². The Morgan fingerprint density at radius 2 is 1.96 bits per heavy atom. The third-order valence-electron chi connectivity index (χ3n) is 4.65. The van der Waals surface area contributed by atoms with Gasteiger partial charge in [0.15, 0.2) is 0 Å². The first-order chi connectivity index (χ1) is 12.2. The summed E-state index contributed by atoms with van der Waals surface area (Å²) >= 11 is 3.42. The van der Waals surface area contributed by atoms with E-state index in [1.165, 1.54) is 0 Å². The highest BCUT2D eigenvalue weighted by Crippen LogP contribution is 2.26. The number of pyridine rings is 2. The summed E-state index contributed by atoms with van der Waals surface area (Å²) in [7, 11) is 0. The summed E-state index contributed by atoms with van der Waals surface area (Å²) in [6.07, 6.45) is 2.64. The fourth-order valence-electron chi connectivity index (χ4n) is 3.30. The highest BCUT2D eigenvalue weighted by Gasteiger charge is 2.23. The second-order valence-electron chi connectivity index (χ2n) is 6.19. The molecule has 6 nitrogen and oxygen atoms in total. The van der Waals surface area contributed by atoms with E-state index in [1.807, 2.05) is 24.4 Å². The summed E-state index contributed by atoms with van der Waals surface area (Å²) in [6, 6.07) is 8.28. The second-order valence-corrected chi connectivity index (χ2v) is 7.10. The molecule has 0 bridgehead atoms. The zero-order valence-corrected chi connectivity index (χ0v) is 15.4. The second kappa shape index (κ2) is 6.98. The van der Waals surface area contributed by atoms with Crippen LogP contribution in [0.3, 0.4) is 0 Å². The van der Waals surface area contributed by atoms with Crippen LogP contribution in [0.15, 0.2) is 28.9 Å². The van der Waals surface area contributed by atoms with Gasteiger partial charge >= 0.3 is 0 Å². The predicted molar refractivity (Wildman–Crippen MR) is 98.7 cm³/mol. The van der Waals surface area contributed by atoms with Crippen molar-refractivity contribution in [3.63, 3.8) is 0 Å². The third kappa shape index (κ3) is 3.32. The SMILES string of the molecule is N#Cc1cc2c(nc1N1CCN(c3ccc(Br)cn3)CC1)CCOC2. The molecule has 4 heterocycles. The van der Waals surface area contributed by atoms with Crippen LogP contribution in [0.4, 0.5) is 11.6 Å². The van der Waals surface area contributed by atoms with Crippen LogP contribution in [-0.4, -0.2) is 42.8 Å². The number of piperazine rings is 1. The van der Waals surface area contributed by atoms with Crippen molar-refractivity contribution in [2.45, 2.75) is 13.0 Å². The van der Waals surface area contributed by atoms with Gasteiger partial charge < -0.3 is 14.5 Å². The van der Waals surface area contributed by atoms with Gasteiger partial charge in [0.1, 0.15) is 17.7 Å². The number of nitrogens with zero attached hydrogens (tertiary/aromatic N) is 5. The van der Waals surface area contributed by atoms with Crippen molar-refractivity contribution in [2.75, 3.05) is 42.6 Å². The van der Waals surface area contributed by atoms with Crippen LogP contribution in [0, 0.1) is 11.3 Å². The smallest absolute Gasteiger partial charge is 0.146 e. The van der Waals surface area contributed by atoms with E-state index in [1.54, 1.807) is 0 Å². The van der Waals surface area contributed by atoms with Gasteiger partial charge in [0.05, 0.1) is 24.5 Å². The van der Waals surface area contributed by atoms with Crippen molar-refractivity contribution in [3.8, 4) is 6.07 Å². The summed E-state index contributed by atoms with van der Waals surface area (Å²) in [5.41, 5.74) is 2.75. The van der Waals surface area contributed by atoms with Crippen LogP contribution in [0.5, 0.6) is 0 Å². The molecule has 1 saturated heterocycles. The molecule has 0 saturated carbocycles. The molecule has 2 aromatic rings. The predicted octanol–water partition coefficient (Wildman–Crippen LogP) is 2.51. The maximum Gasteiger partial charge on any atom is 0.146 e. The Hall–Kier alpha value is -2.17. The molecule has 1 fully saturated rings. The minimum Gasteiger partial charge on any atom is -0.376 e. The maximum absolute atomic E-state index is 9.52. The molecular weight excluding hydrogens is 382 g/mol. The normalized spacial score (nSPS) is 17.1. The molecule has 0 radical (unpaired) electrons. The highest BCUT2D eigenvalue weighted by molar-refractivity contribution is 9.10. The molecule has 0 N–H and O–H groups in total. The van der Waals surface area contributed by atoms with Crippen LogP contribution in [-0.2, 0) is 17.8 Å². The first-order valence-electron chi connectivity index (χ1n) is 8.36.